The summed E-state index contributed by atoms with van der Waals surface area (Å²) in [6, 6.07) is 13.7. The summed E-state index contributed by atoms with van der Waals surface area (Å²) in [4.78, 5) is 12.2. The van der Waals surface area contributed by atoms with Crippen molar-refractivity contribution in [2.24, 2.45) is 0 Å². The minimum Gasteiger partial charge on any atom is -0.493 e. The SMILES string of the molecule is COc1ccc(CCNC(=O)CSc2nncn2-c2ccccc2C)cc1OC. The van der Waals surface area contributed by atoms with Gasteiger partial charge in [0.2, 0.25) is 5.91 Å². The average Bonchev–Trinajstić information content (AvgIpc) is 3.20. The molecule has 0 bridgehead atoms. The van der Waals surface area contributed by atoms with E-state index in [1.165, 1.54) is 11.8 Å². The fraction of sp³-hybridized carbons (Fsp3) is 0.286. The highest BCUT2D eigenvalue weighted by molar-refractivity contribution is 7.99. The van der Waals surface area contributed by atoms with E-state index in [1.807, 2.05) is 54.0 Å². The number of hydrogen-bond acceptors (Lipinski definition) is 6. The fourth-order valence-corrected chi connectivity index (χ4v) is 3.64. The van der Waals surface area contributed by atoms with Crippen LogP contribution in [-0.4, -0.2) is 47.2 Å². The summed E-state index contributed by atoms with van der Waals surface area (Å²) >= 11 is 1.36. The lowest BCUT2D eigenvalue weighted by Gasteiger charge is -2.10. The number of nitrogens with one attached hydrogen (secondary N) is 1. The number of amides is 1. The lowest BCUT2D eigenvalue weighted by molar-refractivity contribution is -0.118. The summed E-state index contributed by atoms with van der Waals surface area (Å²) in [6.07, 6.45) is 2.37. The average molecular weight is 413 g/mol. The van der Waals surface area contributed by atoms with Crippen molar-refractivity contribution in [2.45, 2.75) is 18.5 Å². The Kier molecular flexibility index (Phi) is 7.13. The number of hydrogen-bond donors (Lipinski definition) is 1. The van der Waals surface area contributed by atoms with E-state index in [9.17, 15) is 4.79 Å². The third kappa shape index (κ3) is 5.29. The molecule has 3 rings (SSSR count). The Morgan fingerprint density at radius 1 is 1.14 bits per heavy atom. The summed E-state index contributed by atoms with van der Waals surface area (Å²) in [5.74, 6) is 1.60. The first kappa shape index (κ1) is 20.7. The molecule has 29 heavy (non-hydrogen) atoms. The van der Waals surface area contributed by atoms with Gasteiger partial charge in [0, 0.05) is 6.54 Å². The summed E-state index contributed by atoms with van der Waals surface area (Å²) in [5.41, 5.74) is 3.19. The van der Waals surface area contributed by atoms with E-state index in [4.69, 9.17) is 9.47 Å². The molecule has 0 fully saturated rings. The standard InChI is InChI=1S/C21H24N4O3S/c1-15-6-4-5-7-17(15)25-14-23-24-21(25)29-13-20(26)22-11-10-16-8-9-18(27-2)19(12-16)28-3/h4-9,12,14H,10-11,13H2,1-3H3,(H,22,26). The quantitative estimate of drug-likeness (QED) is 0.544. The minimum atomic E-state index is -0.0465. The molecule has 0 saturated heterocycles. The van der Waals surface area contributed by atoms with E-state index in [1.54, 1.807) is 20.5 Å². The highest BCUT2D eigenvalue weighted by Crippen LogP contribution is 2.27. The molecule has 1 N–H and O–H groups in total. The molecule has 0 saturated carbocycles. The molecular weight excluding hydrogens is 388 g/mol. The van der Waals surface area contributed by atoms with Gasteiger partial charge >= 0.3 is 0 Å². The molecule has 0 aliphatic carbocycles. The summed E-state index contributed by atoms with van der Waals surface area (Å²) in [5, 5.41) is 11.8. The molecule has 0 atom stereocenters. The van der Waals surface area contributed by atoms with Crippen LogP contribution in [0, 0.1) is 6.92 Å². The van der Waals surface area contributed by atoms with E-state index >= 15 is 0 Å². The molecule has 2 aromatic carbocycles. The van der Waals surface area contributed by atoms with Crippen LogP contribution < -0.4 is 14.8 Å². The van der Waals surface area contributed by atoms with Gasteiger partial charge in [-0.05, 0) is 42.7 Å². The molecule has 3 aromatic rings. The van der Waals surface area contributed by atoms with Gasteiger partial charge in [0.05, 0.1) is 25.7 Å². The Morgan fingerprint density at radius 3 is 2.69 bits per heavy atom. The highest BCUT2D eigenvalue weighted by atomic mass is 32.2. The van der Waals surface area contributed by atoms with Crippen LogP contribution in [0.5, 0.6) is 11.5 Å². The second-order valence-corrected chi connectivity index (χ2v) is 7.29. The van der Waals surface area contributed by atoms with Crippen molar-refractivity contribution in [3.05, 3.63) is 59.9 Å². The van der Waals surface area contributed by atoms with Crippen LogP contribution in [-0.2, 0) is 11.2 Å². The second-order valence-electron chi connectivity index (χ2n) is 6.35. The zero-order valence-electron chi connectivity index (χ0n) is 16.7. The van der Waals surface area contributed by atoms with Crippen LogP contribution in [0.15, 0.2) is 53.9 Å². The second kappa shape index (κ2) is 9.97. The largest absolute Gasteiger partial charge is 0.493 e. The van der Waals surface area contributed by atoms with E-state index in [-0.39, 0.29) is 11.7 Å². The van der Waals surface area contributed by atoms with Crippen LogP contribution in [0.25, 0.3) is 5.69 Å². The summed E-state index contributed by atoms with van der Waals surface area (Å²) in [6.45, 7) is 2.57. The van der Waals surface area contributed by atoms with E-state index in [2.05, 4.69) is 15.5 Å². The molecule has 1 amide bonds. The molecule has 0 aliphatic rings. The highest BCUT2D eigenvalue weighted by Gasteiger charge is 2.11. The molecule has 152 valence electrons. The van der Waals surface area contributed by atoms with E-state index in [0.717, 1.165) is 16.8 Å². The van der Waals surface area contributed by atoms with Crippen LogP contribution in [0.1, 0.15) is 11.1 Å². The van der Waals surface area contributed by atoms with Crippen molar-refractivity contribution in [3.8, 4) is 17.2 Å². The lowest BCUT2D eigenvalue weighted by Crippen LogP contribution is -2.27. The van der Waals surface area contributed by atoms with Crippen molar-refractivity contribution in [1.29, 1.82) is 0 Å². The molecule has 1 aromatic heterocycles. The van der Waals surface area contributed by atoms with Crippen LogP contribution in [0.4, 0.5) is 0 Å². The number of carbonyl (C=O) groups excluding carboxylic acids is 1. The first-order chi connectivity index (χ1) is 14.1. The number of nitrogens with zero attached hydrogens (tertiary/aromatic N) is 3. The fourth-order valence-electron chi connectivity index (χ4n) is 2.89. The smallest absolute Gasteiger partial charge is 0.230 e. The molecule has 0 radical (unpaired) electrons. The van der Waals surface area contributed by atoms with Gasteiger partial charge in [0.25, 0.3) is 0 Å². The van der Waals surface area contributed by atoms with Crippen molar-refractivity contribution >= 4 is 17.7 Å². The van der Waals surface area contributed by atoms with Crippen molar-refractivity contribution in [3.63, 3.8) is 0 Å². The van der Waals surface area contributed by atoms with Gasteiger partial charge in [-0.15, -0.1) is 10.2 Å². The minimum absolute atomic E-state index is 0.0465. The number of carbonyl (C=O) groups is 1. The van der Waals surface area contributed by atoms with Crippen molar-refractivity contribution in [2.75, 3.05) is 26.5 Å². The third-order valence-electron chi connectivity index (χ3n) is 4.41. The maximum absolute atomic E-state index is 12.2. The van der Waals surface area contributed by atoms with E-state index in [0.29, 0.717) is 29.6 Å². The Hall–Kier alpha value is -3.00. The maximum atomic E-state index is 12.2. The molecule has 7 nitrogen and oxygen atoms in total. The molecule has 0 aliphatic heterocycles. The van der Waals surface area contributed by atoms with E-state index < -0.39 is 0 Å². The number of para-hydroxylation sites is 1. The molecular formula is C21H24N4O3S. The Bertz CT molecular complexity index is 974. The summed E-state index contributed by atoms with van der Waals surface area (Å²) < 4.78 is 12.4. The molecule has 1 heterocycles. The number of aromatic nitrogens is 3. The topological polar surface area (TPSA) is 78.3 Å². The van der Waals surface area contributed by atoms with Gasteiger partial charge in [-0.25, -0.2) is 0 Å². The number of methoxy groups -OCH3 is 2. The maximum Gasteiger partial charge on any atom is 0.230 e. The number of benzene rings is 2. The molecule has 0 spiro atoms. The zero-order valence-corrected chi connectivity index (χ0v) is 17.5. The van der Waals surface area contributed by atoms with Crippen molar-refractivity contribution < 1.29 is 14.3 Å². The predicted molar refractivity (Wildman–Crippen MR) is 113 cm³/mol. The number of thioether (sulfide) groups is 1. The van der Waals surface area contributed by atoms with Gasteiger partial charge in [-0.3, -0.25) is 9.36 Å². The normalized spacial score (nSPS) is 10.6. The number of rotatable bonds is 9. The van der Waals surface area contributed by atoms with Crippen molar-refractivity contribution in [1.82, 2.24) is 20.1 Å². The van der Waals surface area contributed by atoms with Crippen LogP contribution >= 0.6 is 11.8 Å². The Labute approximate surface area is 174 Å². The van der Waals surface area contributed by atoms with Gasteiger partial charge in [-0.1, -0.05) is 36.0 Å². The first-order valence-electron chi connectivity index (χ1n) is 9.18. The zero-order chi connectivity index (χ0) is 20.6. The summed E-state index contributed by atoms with van der Waals surface area (Å²) in [7, 11) is 3.21. The lowest BCUT2D eigenvalue weighted by atomic mass is 10.1. The van der Waals surface area contributed by atoms with Gasteiger partial charge < -0.3 is 14.8 Å². The van der Waals surface area contributed by atoms with Gasteiger partial charge in [-0.2, -0.15) is 0 Å². The first-order valence-corrected chi connectivity index (χ1v) is 10.2. The van der Waals surface area contributed by atoms with Gasteiger partial charge in [0.1, 0.15) is 6.33 Å². The number of ether oxygens (including phenoxy) is 2. The van der Waals surface area contributed by atoms with Gasteiger partial charge in [0.15, 0.2) is 16.7 Å². The van der Waals surface area contributed by atoms with Crippen LogP contribution in [0.3, 0.4) is 0 Å². The molecule has 8 heteroatoms. The monoisotopic (exact) mass is 412 g/mol. The van der Waals surface area contributed by atoms with Crippen LogP contribution in [0.2, 0.25) is 0 Å². The Morgan fingerprint density at radius 2 is 1.93 bits per heavy atom. The molecule has 0 unspecified atom stereocenters. The predicted octanol–water partition coefficient (Wildman–Crippen LogP) is 3.04. The number of aryl methyl sites for hydroxylation is 1. The Balaban J connectivity index is 1.50. The third-order valence-corrected chi connectivity index (χ3v) is 5.35.